The molecule has 0 saturated carbocycles. The van der Waals surface area contributed by atoms with E-state index in [9.17, 15) is 14.9 Å². The molecule has 64 heavy (non-hydrogen) atoms. The van der Waals surface area contributed by atoms with Crippen molar-refractivity contribution >= 4 is 18.5 Å². The molecular formula is C49H53N4O10P. The Balaban J connectivity index is 1.42. The van der Waals surface area contributed by atoms with Gasteiger partial charge in [0.25, 0.3) is 5.56 Å². The van der Waals surface area contributed by atoms with Gasteiger partial charge in [-0.3, -0.25) is 23.4 Å². The molecule has 1 unspecified atom stereocenters. The number of aromatic nitrogens is 2. The highest BCUT2D eigenvalue weighted by molar-refractivity contribution is 7.51. The summed E-state index contributed by atoms with van der Waals surface area (Å²) in [4.78, 5) is 28.4. The summed E-state index contributed by atoms with van der Waals surface area (Å²) in [5.41, 5.74) is -0.425. The minimum atomic E-state index is -4.34. The number of benzene rings is 5. The first-order chi connectivity index (χ1) is 30.9. The zero-order valence-corrected chi connectivity index (χ0v) is 37.6. The van der Waals surface area contributed by atoms with E-state index < -0.39 is 49.1 Å². The highest BCUT2D eigenvalue weighted by Crippen LogP contribution is 2.58. The van der Waals surface area contributed by atoms with E-state index in [2.05, 4.69) is 11.1 Å². The van der Waals surface area contributed by atoms with Gasteiger partial charge >= 0.3 is 13.4 Å². The maximum absolute atomic E-state index is 15.6. The first-order valence-electron chi connectivity index (χ1n) is 21.1. The van der Waals surface area contributed by atoms with E-state index in [0.717, 1.165) is 27.5 Å². The lowest BCUT2D eigenvalue weighted by Crippen LogP contribution is -2.45. The lowest BCUT2D eigenvalue weighted by atomic mass is 9.80. The van der Waals surface area contributed by atoms with Crippen LogP contribution in [-0.4, -0.2) is 72.1 Å². The van der Waals surface area contributed by atoms with Gasteiger partial charge in [-0.15, -0.1) is 0 Å². The van der Waals surface area contributed by atoms with Gasteiger partial charge in [0, 0.05) is 24.3 Å². The van der Waals surface area contributed by atoms with Crippen molar-refractivity contribution in [3.8, 4) is 23.3 Å². The fourth-order valence-electron chi connectivity index (χ4n) is 8.30. The molecule has 1 fully saturated rings. The van der Waals surface area contributed by atoms with E-state index in [1.54, 1.807) is 25.0 Å². The number of hydrogen-bond acceptors (Lipinski definition) is 11. The molecule has 1 N–H and O–H groups in total. The van der Waals surface area contributed by atoms with Crippen LogP contribution in [0.5, 0.6) is 17.2 Å². The molecule has 5 atom stereocenters. The smallest absolute Gasteiger partial charge is 0.409 e. The number of nitrogens with one attached hydrogen (secondary N) is 1. The SMILES string of the molecule is COc1ccc(C(OC[C@H]2O[C@@H](n3ccc(=O)[nH]c3=O)[C@H](Oc3ccc4ccccc4c3)[C@@H]2OP(=O)(OCCC#N)N(C(C)C)C(C)C)(c2ccccc2)c2ccc(OC)cc2)cc1. The fourth-order valence-corrected chi connectivity index (χ4v) is 10.6. The molecule has 0 spiro atoms. The molecule has 1 aliphatic heterocycles. The largest absolute Gasteiger partial charge is 0.497 e. The summed E-state index contributed by atoms with van der Waals surface area (Å²) in [6, 6.07) is 40.7. The Morgan fingerprint density at radius 3 is 1.92 bits per heavy atom. The summed E-state index contributed by atoms with van der Waals surface area (Å²) in [5, 5.41) is 11.4. The van der Waals surface area contributed by atoms with Gasteiger partial charge in [0.1, 0.15) is 35.1 Å². The number of hydrogen-bond donors (Lipinski definition) is 1. The molecule has 0 aliphatic carbocycles. The van der Waals surface area contributed by atoms with Gasteiger partial charge in [0.05, 0.1) is 39.9 Å². The molecule has 2 heterocycles. The molecule has 0 amide bonds. The minimum absolute atomic E-state index is 0.0547. The summed E-state index contributed by atoms with van der Waals surface area (Å²) in [5.74, 6) is 1.69. The van der Waals surface area contributed by atoms with Crippen LogP contribution in [0.25, 0.3) is 10.8 Å². The van der Waals surface area contributed by atoms with Gasteiger partial charge in [-0.2, -0.15) is 5.26 Å². The van der Waals surface area contributed by atoms with E-state index in [-0.39, 0.29) is 31.7 Å². The van der Waals surface area contributed by atoms with Crippen molar-refractivity contribution in [3.05, 3.63) is 171 Å². The highest BCUT2D eigenvalue weighted by Gasteiger charge is 2.54. The molecule has 334 valence electrons. The summed E-state index contributed by atoms with van der Waals surface area (Å²) < 4.78 is 63.6. The van der Waals surface area contributed by atoms with Crippen LogP contribution >= 0.6 is 7.75 Å². The lowest BCUT2D eigenvalue weighted by molar-refractivity contribution is -0.0950. The van der Waals surface area contributed by atoms with E-state index >= 15 is 4.57 Å². The second kappa shape index (κ2) is 20.2. The molecule has 5 aromatic carbocycles. The van der Waals surface area contributed by atoms with Crippen LogP contribution in [0.1, 0.15) is 57.0 Å². The quantitative estimate of drug-likeness (QED) is 0.0469. The van der Waals surface area contributed by atoms with Crippen LogP contribution in [0, 0.1) is 11.3 Å². The number of ether oxygens (including phenoxy) is 5. The molecular weight excluding hydrogens is 836 g/mol. The second-order valence-corrected chi connectivity index (χ2v) is 17.7. The topological polar surface area (TPSA) is 164 Å². The van der Waals surface area contributed by atoms with E-state index in [1.807, 2.05) is 143 Å². The van der Waals surface area contributed by atoms with Crippen LogP contribution in [0.2, 0.25) is 0 Å². The molecule has 1 aromatic heterocycles. The number of H-pyrrole nitrogens is 1. The third-order valence-corrected chi connectivity index (χ3v) is 13.6. The molecule has 7 rings (SSSR count). The standard InChI is InChI=1S/C49H53N4O10P/c1-33(2)53(34(3)4)64(56,60-30-12-28-50)63-45-43(62-47(52-29-27-44(54)51-48(52)55)46(45)61-42-22-17-35-13-10-11-14-36(35)31-42)32-59-49(37-15-8-7-9-16-37,38-18-23-40(57-5)24-19-38)39-20-25-41(58-6)26-21-39/h7-11,13-27,29,31,33-34,43,45-47H,12,30,32H2,1-6H3,(H,51,54,55)/t43-,45-,46-,47-,64?/m1/s1. The maximum atomic E-state index is 15.6. The zero-order valence-electron chi connectivity index (χ0n) is 36.7. The predicted molar refractivity (Wildman–Crippen MR) is 243 cm³/mol. The Kier molecular flexibility index (Phi) is 14.5. The van der Waals surface area contributed by atoms with Crippen molar-refractivity contribution in [2.45, 2.75) is 76.3 Å². The third-order valence-electron chi connectivity index (χ3n) is 11.1. The normalized spacial score (nSPS) is 18.6. The maximum Gasteiger partial charge on any atom is 0.409 e. The van der Waals surface area contributed by atoms with Gasteiger partial charge < -0.3 is 23.7 Å². The van der Waals surface area contributed by atoms with Crippen molar-refractivity contribution in [1.29, 1.82) is 5.26 Å². The number of nitriles is 1. The number of methoxy groups -OCH3 is 2. The Labute approximate surface area is 372 Å². The number of fused-ring (bicyclic) bond motifs is 1. The number of rotatable bonds is 19. The van der Waals surface area contributed by atoms with Crippen LogP contribution in [0.3, 0.4) is 0 Å². The van der Waals surface area contributed by atoms with Crippen LogP contribution < -0.4 is 25.5 Å². The molecule has 0 bridgehead atoms. The Hall–Kier alpha value is -6.04. The van der Waals surface area contributed by atoms with Crippen molar-refractivity contribution < 1.29 is 37.3 Å². The van der Waals surface area contributed by atoms with Gasteiger partial charge in [-0.05, 0) is 91.6 Å². The van der Waals surface area contributed by atoms with E-state index in [0.29, 0.717) is 17.2 Å². The van der Waals surface area contributed by atoms with Gasteiger partial charge in [0.2, 0.25) is 0 Å². The Bertz CT molecular complexity index is 2640. The van der Waals surface area contributed by atoms with Crippen molar-refractivity contribution in [2.75, 3.05) is 27.4 Å². The molecule has 0 radical (unpaired) electrons. The zero-order chi connectivity index (χ0) is 45.4. The molecule has 14 nitrogen and oxygen atoms in total. The second-order valence-electron chi connectivity index (χ2n) is 15.8. The fraction of sp³-hybridized carbons (Fsp3) is 0.327. The summed E-state index contributed by atoms with van der Waals surface area (Å²) in [6.45, 7) is 7.07. The molecule has 1 saturated heterocycles. The van der Waals surface area contributed by atoms with Crippen LogP contribution in [0.15, 0.2) is 143 Å². The average Bonchev–Trinajstić information content (AvgIpc) is 3.61. The van der Waals surface area contributed by atoms with Crippen molar-refractivity contribution in [2.24, 2.45) is 0 Å². The Morgan fingerprint density at radius 2 is 1.34 bits per heavy atom. The van der Waals surface area contributed by atoms with Crippen molar-refractivity contribution in [1.82, 2.24) is 14.2 Å². The van der Waals surface area contributed by atoms with Crippen molar-refractivity contribution in [3.63, 3.8) is 0 Å². The number of aromatic amines is 1. The summed E-state index contributed by atoms with van der Waals surface area (Å²) in [6.07, 6.45) is -3.60. The molecule has 6 aromatic rings. The molecule has 1 aliphatic rings. The summed E-state index contributed by atoms with van der Waals surface area (Å²) in [7, 11) is -1.15. The summed E-state index contributed by atoms with van der Waals surface area (Å²) >= 11 is 0. The minimum Gasteiger partial charge on any atom is -0.497 e. The first kappa shape index (κ1) is 46.0. The third kappa shape index (κ3) is 9.71. The number of nitrogens with zero attached hydrogens (tertiary/aromatic N) is 3. The van der Waals surface area contributed by atoms with Gasteiger partial charge in [-0.1, -0.05) is 84.9 Å². The monoisotopic (exact) mass is 888 g/mol. The Morgan fingerprint density at radius 1 is 0.766 bits per heavy atom. The lowest BCUT2D eigenvalue weighted by Gasteiger charge is -2.39. The highest BCUT2D eigenvalue weighted by atomic mass is 31.2. The van der Waals surface area contributed by atoms with E-state index in [4.69, 9.17) is 32.7 Å². The average molecular weight is 889 g/mol. The predicted octanol–water partition coefficient (Wildman–Crippen LogP) is 8.60. The van der Waals surface area contributed by atoms with E-state index in [1.165, 1.54) is 16.8 Å². The first-order valence-corrected chi connectivity index (χ1v) is 22.6. The van der Waals surface area contributed by atoms with Crippen LogP contribution in [0.4, 0.5) is 0 Å². The van der Waals surface area contributed by atoms with Crippen LogP contribution in [-0.2, 0) is 28.7 Å². The van der Waals surface area contributed by atoms with Gasteiger partial charge in [-0.25, -0.2) is 14.0 Å². The molecule has 15 heteroatoms. The van der Waals surface area contributed by atoms with Gasteiger partial charge in [0.15, 0.2) is 12.3 Å².